The monoisotopic (exact) mass is 886 g/mol. The highest BCUT2D eigenvalue weighted by atomic mass is 32.2. The van der Waals surface area contributed by atoms with Crippen molar-refractivity contribution in [2.75, 3.05) is 40.0 Å². The SMILES string of the molecule is CC(NC(=O)NC=O)c1cc2cc(C=O)c(F)cc2o1.CNCCCCCNC(=O)CCCCC1SCC(C(C)C)C1NC(C)=O.COc1ccc2c(c1)C(=O)N(C)C2.O=CO. The standard InChI is InChI=1S/C20H39N3O2S.C13H11FN2O4.C10H11NO2.CH2O2/c1-15(2)17-14-26-18(20(17)23-16(3)24)10-6-7-11-19(25)22-13-9-5-8-12-21-4;1-7(16-13(19)15-6-18)11-3-8-2-9(5-17)10(14)4-12(8)20-11;1-11-6-7-3-4-8(13-2)5-9(7)10(11)12;2-1-3/h15,17-18,20-21H,5-14H2,1-4H3,(H,22,25)(H,23,24);2-7H,1H3,(H2,15,16,18,19);3-5H,6H2,1-2H3;1H,(H,2,3). The van der Waals surface area contributed by atoms with Gasteiger partial charge in [0.1, 0.15) is 22.9 Å². The minimum atomic E-state index is -0.673. The molecule has 3 heterocycles. The number of rotatable bonds is 18. The third kappa shape index (κ3) is 17.5. The summed E-state index contributed by atoms with van der Waals surface area (Å²) in [5, 5.41) is 21.7. The Balaban J connectivity index is 0.000000324. The van der Waals surface area contributed by atoms with E-state index in [9.17, 15) is 33.2 Å². The van der Waals surface area contributed by atoms with Gasteiger partial charge in [-0.3, -0.25) is 34.1 Å². The van der Waals surface area contributed by atoms with Crippen LogP contribution < -0.4 is 31.3 Å². The highest BCUT2D eigenvalue weighted by molar-refractivity contribution is 8.00. The summed E-state index contributed by atoms with van der Waals surface area (Å²) in [6.07, 6.45) is 7.73. The van der Waals surface area contributed by atoms with Crippen molar-refractivity contribution in [1.29, 1.82) is 0 Å². The lowest BCUT2D eigenvalue weighted by atomic mass is 9.87. The molecule has 0 aliphatic carbocycles. The zero-order valence-electron chi connectivity index (χ0n) is 36.7. The van der Waals surface area contributed by atoms with E-state index in [4.69, 9.17) is 19.1 Å². The molecule has 342 valence electrons. The highest BCUT2D eigenvalue weighted by Crippen LogP contribution is 2.38. The molecule has 6 N–H and O–H groups in total. The topological polar surface area (TPSA) is 225 Å². The molecular formula is C44H63FN6O10S. The number of carbonyl (C=O) groups excluding carboxylic acids is 6. The number of benzene rings is 2. The van der Waals surface area contributed by atoms with E-state index in [0.29, 0.717) is 47.5 Å². The Bertz CT molecular complexity index is 1930. The Hall–Kier alpha value is -5.49. The van der Waals surface area contributed by atoms with Crippen molar-refractivity contribution in [3.8, 4) is 5.75 Å². The number of methoxy groups -OCH3 is 1. The summed E-state index contributed by atoms with van der Waals surface area (Å²) in [7, 11) is 5.37. The third-order valence-corrected chi connectivity index (χ3v) is 11.7. The summed E-state index contributed by atoms with van der Waals surface area (Å²) in [5.41, 5.74) is 2.05. The first-order valence-corrected chi connectivity index (χ1v) is 21.7. The number of furan rings is 1. The van der Waals surface area contributed by atoms with Crippen molar-refractivity contribution >= 4 is 65.7 Å². The molecule has 0 bridgehead atoms. The summed E-state index contributed by atoms with van der Waals surface area (Å²) in [6, 6.07) is 8.76. The number of imide groups is 1. The fraction of sp³-hybridized carbons (Fsp3) is 0.523. The van der Waals surface area contributed by atoms with Crippen molar-refractivity contribution in [3.05, 3.63) is 64.7 Å². The molecule has 16 nitrogen and oxygen atoms in total. The van der Waals surface area contributed by atoms with E-state index in [1.807, 2.05) is 36.3 Å². The first kappa shape index (κ1) is 52.6. The van der Waals surface area contributed by atoms with Gasteiger partial charge >= 0.3 is 6.03 Å². The largest absolute Gasteiger partial charge is 0.497 e. The summed E-state index contributed by atoms with van der Waals surface area (Å²) in [5.74, 6) is 3.04. The summed E-state index contributed by atoms with van der Waals surface area (Å²) in [6.45, 7) is 10.0. The highest BCUT2D eigenvalue weighted by Gasteiger charge is 2.38. The number of hydrogen-bond acceptors (Lipinski definition) is 11. The molecule has 3 aromatic rings. The van der Waals surface area contributed by atoms with E-state index in [1.54, 1.807) is 45.0 Å². The second kappa shape index (κ2) is 28.2. The van der Waals surface area contributed by atoms with Gasteiger partial charge in [-0.15, -0.1) is 0 Å². The van der Waals surface area contributed by atoms with Gasteiger partial charge in [0, 0.05) is 61.8 Å². The predicted octanol–water partition coefficient (Wildman–Crippen LogP) is 5.83. The lowest BCUT2D eigenvalue weighted by Crippen LogP contribution is -2.44. The quantitative estimate of drug-likeness (QED) is 0.0656. The Kier molecular flexibility index (Phi) is 23.9. The number of unbranched alkanes of at least 4 members (excludes halogenated alkanes) is 3. The fourth-order valence-electron chi connectivity index (χ4n) is 6.89. The van der Waals surface area contributed by atoms with Gasteiger partial charge in [0.05, 0.1) is 18.7 Å². The van der Waals surface area contributed by atoms with Crippen molar-refractivity contribution in [1.82, 2.24) is 31.5 Å². The number of halogens is 1. The maximum absolute atomic E-state index is 13.4. The molecule has 2 aliphatic heterocycles. The van der Waals surface area contributed by atoms with Crippen molar-refractivity contribution in [2.24, 2.45) is 11.8 Å². The Morgan fingerprint density at radius 2 is 1.74 bits per heavy atom. The molecule has 6 amide bonds. The number of carbonyl (C=O) groups is 7. The van der Waals surface area contributed by atoms with E-state index in [1.165, 1.54) is 6.07 Å². The summed E-state index contributed by atoms with van der Waals surface area (Å²) < 4.78 is 23.9. The van der Waals surface area contributed by atoms with Crippen molar-refractivity contribution < 1.29 is 52.2 Å². The molecule has 0 spiro atoms. The second-order valence-corrected chi connectivity index (χ2v) is 16.5. The predicted molar refractivity (Wildman–Crippen MR) is 237 cm³/mol. The Morgan fingerprint density at radius 3 is 2.37 bits per heavy atom. The molecule has 1 aromatic heterocycles. The third-order valence-electron chi connectivity index (χ3n) is 10.2. The number of urea groups is 1. The van der Waals surface area contributed by atoms with Gasteiger partial charge in [-0.2, -0.15) is 11.8 Å². The zero-order valence-corrected chi connectivity index (χ0v) is 37.5. The van der Waals surface area contributed by atoms with Crippen molar-refractivity contribution in [2.45, 2.75) is 96.5 Å². The summed E-state index contributed by atoms with van der Waals surface area (Å²) >= 11 is 1.99. The normalized spacial score (nSPS) is 16.6. The molecular weight excluding hydrogens is 824 g/mol. The van der Waals surface area contributed by atoms with E-state index in [-0.39, 0.29) is 47.8 Å². The van der Waals surface area contributed by atoms with Crippen molar-refractivity contribution in [3.63, 3.8) is 0 Å². The maximum atomic E-state index is 13.4. The molecule has 18 heteroatoms. The van der Waals surface area contributed by atoms with Crippen LogP contribution in [0.15, 0.2) is 40.8 Å². The van der Waals surface area contributed by atoms with Gasteiger partial charge in [0.15, 0.2) is 6.29 Å². The molecule has 2 aromatic carbocycles. The number of ether oxygens (including phenoxy) is 1. The van der Waals surface area contributed by atoms with Gasteiger partial charge in [-0.1, -0.05) is 32.8 Å². The van der Waals surface area contributed by atoms with Crippen LogP contribution in [0, 0.1) is 17.7 Å². The van der Waals surface area contributed by atoms with E-state index >= 15 is 0 Å². The van der Waals surface area contributed by atoms with Gasteiger partial charge in [0.25, 0.3) is 12.4 Å². The molecule has 1 saturated heterocycles. The molecule has 62 heavy (non-hydrogen) atoms. The summed E-state index contributed by atoms with van der Waals surface area (Å²) in [4.78, 5) is 77.0. The molecule has 4 unspecified atom stereocenters. The van der Waals surface area contributed by atoms with Crippen LogP contribution in [0.2, 0.25) is 0 Å². The van der Waals surface area contributed by atoms with Gasteiger partial charge in [0.2, 0.25) is 18.2 Å². The maximum Gasteiger partial charge on any atom is 0.321 e. The molecule has 1 fully saturated rings. The van der Waals surface area contributed by atoms with Gasteiger partial charge in [-0.05, 0) is 93.6 Å². The van der Waals surface area contributed by atoms with Crippen LogP contribution in [-0.4, -0.2) is 104 Å². The number of hydrogen-bond donors (Lipinski definition) is 6. The minimum Gasteiger partial charge on any atom is -0.497 e. The smallest absolute Gasteiger partial charge is 0.321 e. The fourth-order valence-corrected chi connectivity index (χ4v) is 8.76. The first-order valence-electron chi connectivity index (χ1n) is 20.6. The van der Waals surface area contributed by atoms with E-state index in [2.05, 4.69) is 35.1 Å². The number of carboxylic acid groups (broad SMARTS) is 1. The average Bonchev–Trinajstić information content (AvgIpc) is 3.92. The number of thioether (sulfide) groups is 1. The van der Waals surface area contributed by atoms with Crippen LogP contribution in [-0.2, 0) is 25.7 Å². The molecule has 0 saturated carbocycles. The Labute approximate surface area is 367 Å². The minimum absolute atomic E-state index is 0.0656. The molecule has 5 rings (SSSR count). The first-order chi connectivity index (χ1) is 29.6. The van der Waals surface area contributed by atoms with Gasteiger partial charge < -0.3 is 40.4 Å². The second-order valence-electron chi connectivity index (χ2n) is 15.2. The number of nitrogens with zero attached hydrogens (tertiary/aromatic N) is 1. The molecule has 0 radical (unpaired) electrons. The number of fused-ring (bicyclic) bond motifs is 2. The number of nitrogens with one attached hydrogen (secondary N) is 5. The van der Waals surface area contributed by atoms with Crippen LogP contribution in [0.3, 0.4) is 0 Å². The van der Waals surface area contributed by atoms with Crippen LogP contribution in [0.25, 0.3) is 11.0 Å². The van der Waals surface area contributed by atoms with Crippen LogP contribution >= 0.6 is 11.8 Å². The molecule has 2 aliphatic rings. The number of amides is 6. The average molecular weight is 887 g/mol. The Morgan fingerprint density at radius 1 is 1.03 bits per heavy atom. The molecule has 4 atom stereocenters. The van der Waals surface area contributed by atoms with Crippen LogP contribution in [0.4, 0.5) is 9.18 Å². The number of aldehydes is 1. The van der Waals surface area contributed by atoms with Crippen LogP contribution in [0.5, 0.6) is 5.75 Å². The van der Waals surface area contributed by atoms with Gasteiger partial charge in [-0.25, -0.2) is 9.18 Å². The van der Waals surface area contributed by atoms with Crippen LogP contribution in [0.1, 0.15) is 111 Å². The van der Waals surface area contributed by atoms with E-state index in [0.717, 1.165) is 80.3 Å². The zero-order chi connectivity index (χ0) is 46.2. The van der Waals surface area contributed by atoms with E-state index < -0.39 is 17.9 Å². The lowest BCUT2D eigenvalue weighted by Gasteiger charge is -2.27. The lowest BCUT2D eigenvalue weighted by molar-refractivity contribution is -0.123.